The van der Waals surface area contributed by atoms with Gasteiger partial charge in [0.15, 0.2) is 6.79 Å². The van der Waals surface area contributed by atoms with Crippen molar-refractivity contribution in [2.24, 2.45) is 0 Å². The number of amides is 1. The molecule has 35 heavy (non-hydrogen) atoms. The van der Waals surface area contributed by atoms with Crippen LogP contribution >= 0.6 is 19.2 Å². The van der Waals surface area contributed by atoms with Crippen LogP contribution < -0.4 is 5.32 Å². The number of phosphoric acid groups is 1. The number of carbonyl (C=O) groups is 1. The third kappa shape index (κ3) is 10.7. The molecule has 3 rings (SSSR count). The molecule has 0 aliphatic carbocycles. The summed E-state index contributed by atoms with van der Waals surface area (Å²) < 4.78 is 26.8. The van der Waals surface area contributed by atoms with Crippen LogP contribution in [0.5, 0.6) is 0 Å². The Kier molecular flexibility index (Phi) is 10.9. The highest BCUT2D eigenvalue weighted by molar-refractivity contribution is 7.46. The Morgan fingerprint density at radius 2 is 1.74 bits per heavy atom. The van der Waals surface area contributed by atoms with Crippen LogP contribution in [0.2, 0.25) is 0 Å². The Labute approximate surface area is 208 Å². The van der Waals surface area contributed by atoms with Gasteiger partial charge in [-0.2, -0.15) is 0 Å². The van der Waals surface area contributed by atoms with Crippen LogP contribution in [0.3, 0.4) is 0 Å². The van der Waals surface area contributed by atoms with Gasteiger partial charge in [0.1, 0.15) is 6.61 Å². The maximum atomic E-state index is 12.6. The second kappa shape index (κ2) is 14.1. The summed E-state index contributed by atoms with van der Waals surface area (Å²) in [7, 11) is -4.70. The van der Waals surface area contributed by atoms with Crippen LogP contribution in [0.15, 0.2) is 72.4 Å². The Morgan fingerprint density at radius 1 is 1.06 bits per heavy atom. The fourth-order valence-corrected chi connectivity index (χ4v) is 4.23. The van der Waals surface area contributed by atoms with E-state index >= 15 is 0 Å². The molecule has 0 radical (unpaired) electrons. The number of nitrogens with zero attached hydrogens (tertiary/aromatic N) is 1. The number of hydrogen-bond donors (Lipinski definition) is 3. The molecular formula is C24H29N2O7PS. The predicted molar refractivity (Wildman–Crippen MR) is 132 cm³/mol. The highest BCUT2D eigenvalue weighted by atomic mass is 32.1. The molecule has 1 amide bonds. The Balaban J connectivity index is 1.69. The van der Waals surface area contributed by atoms with Gasteiger partial charge in [-0.1, -0.05) is 60.7 Å². The molecule has 0 unspecified atom stereocenters. The molecule has 188 valence electrons. The predicted octanol–water partition coefficient (Wildman–Crippen LogP) is 4.46. The number of rotatable bonds is 14. The lowest BCUT2D eigenvalue weighted by atomic mass is 9.96. The molecule has 1 aromatic heterocycles. The SMILES string of the molecule is O=C(N[C@@H](Cc1ccccc1)[C@H](CCCc1ccccc1)OCOP(=O)(O)O)OCc1cncs1. The standard InChI is InChI=1S/C24H29N2O7PS/c27-24(31-16-21-15-25-17-35-21)26-22(14-20-10-5-2-6-11-20)23(32-18-33-34(28,29)30)13-7-12-19-8-3-1-4-9-19/h1-6,8-11,15,17,22-23H,7,12-14,16,18H2,(H,26,27)(H2,28,29,30)/t22-,23-/m0/s1. The van der Waals surface area contributed by atoms with E-state index in [2.05, 4.69) is 14.8 Å². The van der Waals surface area contributed by atoms with Gasteiger partial charge in [0.05, 0.1) is 22.5 Å². The van der Waals surface area contributed by atoms with Crippen LogP contribution in [0.4, 0.5) is 4.79 Å². The molecule has 3 aromatic rings. The molecule has 2 aromatic carbocycles. The summed E-state index contributed by atoms with van der Waals surface area (Å²) in [4.78, 5) is 35.5. The molecule has 9 nitrogen and oxygen atoms in total. The maximum Gasteiger partial charge on any atom is 0.471 e. The normalized spacial score (nSPS) is 13.2. The van der Waals surface area contributed by atoms with E-state index in [1.807, 2.05) is 60.7 Å². The molecule has 0 saturated heterocycles. The molecular weight excluding hydrogens is 491 g/mol. The largest absolute Gasteiger partial charge is 0.471 e. The van der Waals surface area contributed by atoms with Crippen LogP contribution in [0, 0.1) is 0 Å². The van der Waals surface area contributed by atoms with Crippen molar-refractivity contribution in [3.63, 3.8) is 0 Å². The molecule has 3 N–H and O–H groups in total. The van der Waals surface area contributed by atoms with Gasteiger partial charge >= 0.3 is 13.9 Å². The first-order valence-corrected chi connectivity index (χ1v) is 13.5. The van der Waals surface area contributed by atoms with Gasteiger partial charge in [0, 0.05) is 6.20 Å². The summed E-state index contributed by atoms with van der Waals surface area (Å²) in [5.74, 6) is 0. The second-order valence-electron chi connectivity index (χ2n) is 7.80. The number of aryl methyl sites for hydroxylation is 1. The topological polar surface area (TPSA) is 127 Å². The fraction of sp³-hybridized carbons (Fsp3) is 0.333. The lowest BCUT2D eigenvalue weighted by Gasteiger charge is -2.28. The minimum absolute atomic E-state index is 0.0927. The van der Waals surface area contributed by atoms with Gasteiger partial charge in [-0.05, 0) is 36.8 Å². The first-order chi connectivity index (χ1) is 16.9. The van der Waals surface area contributed by atoms with Crippen molar-refractivity contribution < 1.29 is 33.1 Å². The average molecular weight is 521 g/mol. The number of alkyl carbamates (subject to hydrolysis) is 1. The molecule has 0 spiro atoms. The van der Waals surface area contributed by atoms with Crippen LogP contribution in [-0.2, 0) is 38.0 Å². The molecule has 0 bridgehead atoms. The highest BCUT2D eigenvalue weighted by Crippen LogP contribution is 2.35. The van der Waals surface area contributed by atoms with E-state index in [1.54, 1.807) is 11.7 Å². The van der Waals surface area contributed by atoms with Crippen molar-refractivity contribution in [2.75, 3.05) is 6.79 Å². The summed E-state index contributed by atoms with van der Waals surface area (Å²) in [6.45, 7) is -0.515. The summed E-state index contributed by atoms with van der Waals surface area (Å²) in [6.07, 6.45) is 2.90. The van der Waals surface area contributed by atoms with E-state index in [0.29, 0.717) is 12.8 Å². The number of thiazole rings is 1. The van der Waals surface area contributed by atoms with E-state index in [4.69, 9.17) is 19.3 Å². The fourth-order valence-electron chi connectivity index (χ4n) is 3.53. The zero-order chi connectivity index (χ0) is 24.9. The lowest BCUT2D eigenvalue weighted by Crippen LogP contribution is -2.46. The van der Waals surface area contributed by atoms with Crippen LogP contribution in [0.25, 0.3) is 0 Å². The minimum atomic E-state index is -4.70. The highest BCUT2D eigenvalue weighted by Gasteiger charge is 2.26. The van der Waals surface area contributed by atoms with Crippen molar-refractivity contribution in [2.45, 2.75) is 44.4 Å². The van der Waals surface area contributed by atoms with E-state index in [-0.39, 0.29) is 6.61 Å². The monoisotopic (exact) mass is 520 g/mol. The van der Waals surface area contributed by atoms with Crippen LogP contribution in [0.1, 0.15) is 28.8 Å². The van der Waals surface area contributed by atoms with Gasteiger partial charge in [-0.3, -0.25) is 9.51 Å². The number of benzene rings is 2. The zero-order valence-corrected chi connectivity index (χ0v) is 20.8. The first-order valence-electron chi connectivity index (χ1n) is 11.1. The van der Waals surface area contributed by atoms with E-state index in [9.17, 15) is 9.36 Å². The quantitative estimate of drug-likeness (QED) is 0.210. The Morgan fingerprint density at radius 3 is 2.37 bits per heavy atom. The molecule has 11 heteroatoms. The second-order valence-corrected chi connectivity index (χ2v) is 10.0. The number of aromatic nitrogens is 1. The molecule has 0 fully saturated rings. The number of ether oxygens (including phenoxy) is 2. The van der Waals surface area contributed by atoms with Crippen molar-refractivity contribution in [1.82, 2.24) is 10.3 Å². The lowest BCUT2D eigenvalue weighted by molar-refractivity contribution is -0.0640. The van der Waals surface area contributed by atoms with Gasteiger partial charge in [0.25, 0.3) is 0 Å². The molecule has 2 atom stereocenters. The van der Waals surface area contributed by atoms with Gasteiger partial charge < -0.3 is 24.6 Å². The molecule has 1 heterocycles. The Bertz CT molecular complexity index is 1050. The minimum Gasteiger partial charge on any atom is -0.444 e. The van der Waals surface area contributed by atoms with Gasteiger partial charge in [0.2, 0.25) is 0 Å². The smallest absolute Gasteiger partial charge is 0.444 e. The van der Waals surface area contributed by atoms with Crippen molar-refractivity contribution >= 4 is 25.3 Å². The van der Waals surface area contributed by atoms with E-state index in [0.717, 1.165) is 28.8 Å². The first kappa shape index (κ1) is 27.0. The zero-order valence-electron chi connectivity index (χ0n) is 19.1. The third-order valence-electron chi connectivity index (χ3n) is 5.18. The summed E-state index contributed by atoms with van der Waals surface area (Å²) >= 11 is 1.38. The molecule has 0 aliphatic heterocycles. The molecule has 0 aliphatic rings. The average Bonchev–Trinajstić information content (AvgIpc) is 3.36. The van der Waals surface area contributed by atoms with Crippen LogP contribution in [-0.4, -0.2) is 39.8 Å². The number of nitrogens with one attached hydrogen (secondary N) is 1. The Hall–Kier alpha value is -2.59. The van der Waals surface area contributed by atoms with E-state index in [1.165, 1.54) is 11.3 Å². The number of hydrogen-bond acceptors (Lipinski definition) is 7. The van der Waals surface area contributed by atoms with Crippen molar-refractivity contribution in [3.8, 4) is 0 Å². The third-order valence-corrected chi connectivity index (χ3v) is 6.37. The summed E-state index contributed by atoms with van der Waals surface area (Å²) in [5.41, 5.74) is 3.79. The number of carbonyl (C=O) groups excluding carboxylic acids is 1. The van der Waals surface area contributed by atoms with Gasteiger partial charge in [-0.15, -0.1) is 11.3 Å². The van der Waals surface area contributed by atoms with Crippen molar-refractivity contribution in [1.29, 1.82) is 0 Å². The van der Waals surface area contributed by atoms with Crippen molar-refractivity contribution in [3.05, 3.63) is 88.4 Å². The molecule has 0 saturated carbocycles. The summed E-state index contributed by atoms with van der Waals surface area (Å²) in [6, 6.07) is 19.0. The maximum absolute atomic E-state index is 12.6. The van der Waals surface area contributed by atoms with E-state index < -0.39 is 32.9 Å². The number of phosphoric ester groups is 1. The van der Waals surface area contributed by atoms with Gasteiger partial charge in [-0.25, -0.2) is 9.36 Å². The summed E-state index contributed by atoms with van der Waals surface area (Å²) in [5, 5.41) is 2.87.